The molecule has 12 aromatic rings. The fraction of sp³-hybridized carbons (Fsp3) is 0.382. The van der Waals surface area contributed by atoms with Gasteiger partial charge in [-0.15, -0.1) is 23.5 Å². The zero-order chi connectivity index (χ0) is 107. The highest BCUT2D eigenvalue weighted by Gasteiger charge is 2.52. The van der Waals surface area contributed by atoms with Crippen molar-refractivity contribution in [1.82, 2.24) is 18.9 Å². The van der Waals surface area contributed by atoms with Crippen LogP contribution in [-0.4, -0.2) is 218 Å². The van der Waals surface area contributed by atoms with Gasteiger partial charge in [0.15, 0.2) is 19.7 Å². The number of benzene rings is 10. The molecule has 39 heteroatoms. The van der Waals surface area contributed by atoms with E-state index in [4.69, 9.17) is 32.2 Å². The Morgan fingerprint density at radius 3 is 1.13 bits per heavy atom. The van der Waals surface area contributed by atoms with E-state index in [1.54, 1.807) is 47.8 Å². The van der Waals surface area contributed by atoms with E-state index in [2.05, 4.69) is 45.8 Å². The van der Waals surface area contributed by atoms with Gasteiger partial charge in [-0.2, -0.15) is 26.3 Å². The molecule has 0 radical (unpaired) electrons. The lowest BCUT2D eigenvalue weighted by Crippen LogP contribution is -2.46. The van der Waals surface area contributed by atoms with Gasteiger partial charge in [0.1, 0.15) is 0 Å². The van der Waals surface area contributed by atoms with Gasteiger partial charge in [0.05, 0.1) is 67.9 Å². The third-order valence-electron chi connectivity index (χ3n) is 28.4. The van der Waals surface area contributed by atoms with Crippen molar-refractivity contribution in [2.75, 3.05) is 179 Å². The molecule has 149 heavy (non-hydrogen) atoms. The van der Waals surface area contributed by atoms with Gasteiger partial charge in [0.25, 0.3) is 19.7 Å². The second-order valence-electron chi connectivity index (χ2n) is 39.5. The number of halogens is 8. The molecular formula is C110H126Cl2F6N10O13P2S6. The minimum absolute atomic E-state index is 0.0130. The number of piperazine rings is 2. The highest BCUT2D eigenvalue weighted by molar-refractivity contribution is 7.99. The molecule has 7 heterocycles. The summed E-state index contributed by atoms with van der Waals surface area (Å²) in [5, 5.41) is 10.6. The number of anilines is 6. The Morgan fingerprint density at radius 1 is 0.430 bits per heavy atom. The van der Waals surface area contributed by atoms with E-state index >= 15 is 4.57 Å². The zero-order valence-corrected chi connectivity index (χ0v) is 93.0. The van der Waals surface area contributed by atoms with E-state index < -0.39 is 75.2 Å². The van der Waals surface area contributed by atoms with Gasteiger partial charge in [-0.25, -0.2) is 33.7 Å². The van der Waals surface area contributed by atoms with Crippen LogP contribution < -0.4 is 39.5 Å². The summed E-state index contributed by atoms with van der Waals surface area (Å²) in [5.41, 5.74) is 1.13. The van der Waals surface area contributed by atoms with Crippen LogP contribution >= 0.6 is 61.8 Å². The van der Waals surface area contributed by atoms with Crippen LogP contribution in [0.4, 0.5) is 60.5 Å². The number of nitrogens with zero attached hydrogens (tertiary/aromatic N) is 10. The molecule has 0 amide bonds. The van der Waals surface area contributed by atoms with Crippen LogP contribution in [0.2, 0.25) is 10.0 Å². The Morgan fingerprint density at radius 2 is 0.785 bits per heavy atom. The Kier molecular flexibility index (Phi) is 35.2. The monoisotopic (exact) mass is 2230 g/mol. The number of sulfone groups is 4. The number of piperidine rings is 1. The molecule has 0 aliphatic carbocycles. The smallest absolute Gasteiger partial charge is 0.396 e. The third kappa shape index (κ3) is 25.1. The zero-order valence-electron chi connectivity index (χ0n) is 84.8. The standard InChI is InChI=1S/C57H66ClF3N5O7PS3.C53H60ClF3N5O6PS3/c1-40(2)66-41(3)56(76(4,69)70)54(55(66)44-13-16-47(58)17-14-44)46-9-8-10-50(36-46)64-31-29-63(30-32-64)48-18-20-49(21-19-48)65-33-34-73-74(65,68)51-22-15-45(53(37-51)77(71,72)57(59,60)61)35-43(39-75-52-11-6-5-7-12-52)25-28-62-26-23-42(38-67)24-27-62;1-37(2)62-38(3)52(71(6,64)65)50(51(62)40-15-18-43(54)19-16-40)42-11-10-12-46(34-42)60-29-27-59(28-30-60)44-20-22-45(23-21-44)61-31-32-68-69(61,63)47-24-17-41(49(35-47)72(66,67)53(55,56)57)33-39(25-26-58(4)5)36-70-48-13-8-7-9-14-48/h5-22,36-37,40,42-43,67H,23-35,38-39H2,1-4H3;7-24,34-35,37,39H,25-33,36H2,1-6H3/t43-,74+;39-,69+/m00/s1. The van der Waals surface area contributed by atoms with Crippen molar-refractivity contribution < 1.29 is 83.3 Å². The molecule has 796 valence electrons. The maximum atomic E-state index is 15.0. The molecule has 5 aliphatic heterocycles. The summed E-state index contributed by atoms with van der Waals surface area (Å²) in [6.07, 6.45) is 5.58. The van der Waals surface area contributed by atoms with Crippen LogP contribution in [0, 0.1) is 31.6 Å². The molecule has 5 aliphatic rings. The summed E-state index contributed by atoms with van der Waals surface area (Å²) in [6, 6.07) is 72.5. The van der Waals surface area contributed by atoms with Crippen LogP contribution in [0.3, 0.4) is 0 Å². The van der Waals surface area contributed by atoms with Crippen molar-refractivity contribution in [2.24, 2.45) is 17.8 Å². The van der Waals surface area contributed by atoms with Crippen molar-refractivity contribution in [3.8, 4) is 44.8 Å². The van der Waals surface area contributed by atoms with Crippen LogP contribution in [0.15, 0.2) is 272 Å². The molecule has 23 nitrogen and oxygen atoms in total. The van der Waals surface area contributed by atoms with Gasteiger partial charge in [-0.3, -0.25) is 18.5 Å². The van der Waals surface area contributed by atoms with E-state index in [9.17, 15) is 69.7 Å². The van der Waals surface area contributed by atoms with E-state index in [-0.39, 0.29) is 97.3 Å². The SMILES string of the molecule is Cc1c(S(C)(=O)=O)c(-c2cccc(N3CCN(c4ccc(N5CCO[P@]5(=O)c5ccc(C[C@H](CCN(C)C)CSc6ccccc6)c(S(=O)(=O)C(F)(F)F)c5)cc4)CC3)c2)c(-c2ccc(Cl)cc2)n1C(C)C.Cc1c(S(C)(=O)=O)c(-c2cccc(N3CCN(c4ccc(N5CCO[P@]5(=O)c5ccc(C[C@H](CCN6CCC(CO)CC6)CSc6ccccc6)c(S(=O)(=O)C(F)(F)F)c5)cc4)CC3)c2)c(-c2ccc(Cl)cc2)n1C(C)C. The first-order valence-electron chi connectivity index (χ1n) is 49.8. The Bertz CT molecular complexity index is 7350. The highest BCUT2D eigenvalue weighted by Crippen LogP contribution is 2.59. The van der Waals surface area contributed by atoms with Crippen molar-refractivity contribution in [3.05, 3.63) is 275 Å². The van der Waals surface area contributed by atoms with Gasteiger partial charge in [-0.05, 0) is 317 Å². The Hall–Kier alpha value is -9.52. The molecule has 5 fully saturated rings. The highest BCUT2D eigenvalue weighted by atomic mass is 35.5. The Balaban J connectivity index is 0.000000213. The van der Waals surface area contributed by atoms with E-state index in [0.717, 1.165) is 104 Å². The summed E-state index contributed by atoms with van der Waals surface area (Å²) in [6.45, 7) is 20.6. The molecular weight excluding hydrogens is 2110 g/mol. The average Bonchev–Trinajstić information content (AvgIpc) is 0.999. The van der Waals surface area contributed by atoms with Gasteiger partial charge >= 0.3 is 26.1 Å². The Labute approximate surface area is 890 Å². The lowest BCUT2D eigenvalue weighted by molar-refractivity contribution is -0.0442. The largest absolute Gasteiger partial charge is 0.501 e. The number of hydrogen-bond donors (Lipinski definition) is 1. The number of likely N-dealkylation sites (tertiary alicyclic amines) is 1. The first-order chi connectivity index (χ1) is 70.7. The second kappa shape index (κ2) is 46.8. The van der Waals surface area contributed by atoms with E-state index in [1.165, 1.54) is 46.1 Å². The molecule has 0 bridgehead atoms. The molecule has 4 atom stereocenters. The minimum Gasteiger partial charge on any atom is -0.396 e. The van der Waals surface area contributed by atoms with Crippen LogP contribution in [0.25, 0.3) is 44.8 Å². The molecule has 0 unspecified atom stereocenters. The first kappa shape index (κ1) is 112. The number of hydrogen-bond acceptors (Lipinski definition) is 21. The number of thioether (sulfide) groups is 2. The number of alkyl halides is 6. The molecule has 5 saturated heterocycles. The van der Waals surface area contributed by atoms with E-state index in [1.807, 2.05) is 230 Å². The van der Waals surface area contributed by atoms with Crippen molar-refractivity contribution in [3.63, 3.8) is 0 Å². The summed E-state index contributed by atoms with van der Waals surface area (Å²) in [7, 11) is -23.4. The van der Waals surface area contributed by atoms with Gasteiger partial charge in [-0.1, -0.05) is 120 Å². The fourth-order valence-corrected chi connectivity index (χ4v) is 32.4. The first-order valence-corrected chi connectivity index (χ1v) is 62.5. The summed E-state index contributed by atoms with van der Waals surface area (Å²) in [4.78, 5) is 14.1. The summed E-state index contributed by atoms with van der Waals surface area (Å²) in [5.74, 6) is 0.976. The number of aromatic nitrogens is 2. The normalized spacial score (nSPS) is 18.0. The molecule has 17 rings (SSSR count). The second-order valence-corrected chi connectivity index (χ2v) is 54.9. The topological polar surface area (TPSA) is 245 Å². The van der Waals surface area contributed by atoms with Crippen molar-refractivity contribution in [1.29, 1.82) is 0 Å². The maximum absolute atomic E-state index is 15.0. The average molecular weight is 2240 g/mol. The molecule has 0 spiro atoms. The van der Waals surface area contributed by atoms with Crippen molar-refractivity contribution >= 4 is 146 Å². The summed E-state index contributed by atoms with van der Waals surface area (Å²) < 4.78 is 244. The third-order valence-corrected chi connectivity index (χ3v) is 42.0. The fourth-order valence-electron chi connectivity index (χ4n) is 20.9. The predicted molar refractivity (Wildman–Crippen MR) is 592 cm³/mol. The molecule has 2 aromatic heterocycles. The number of aliphatic hydroxyl groups excluding tert-OH is 1. The predicted octanol–water partition coefficient (Wildman–Crippen LogP) is 23.4. The van der Waals surface area contributed by atoms with Crippen LogP contribution in [0.1, 0.15) is 88.0 Å². The van der Waals surface area contributed by atoms with Gasteiger partial charge in [0, 0.05) is 172 Å². The number of rotatable bonds is 35. The minimum atomic E-state index is -5.88. The summed E-state index contributed by atoms with van der Waals surface area (Å²) >= 11 is 15.7. The molecule has 1 N–H and O–H groups in total. The van der Waals surface area contributed by atoms with Crippen LogP contribution in [-0.2, 0) is 70.4 Å². The van der Waals surface area contributed by atoms with E-state index in [0.29, 0.717) is 144 Å². The van der Waals surface area contributed by atoms with Crippen molar-refractivity contribution in [2.45, 2.75) is 133 Å². The lowest BCUT2D eigenvalue weighted by Gasteiger charge is -2.37. The quantitative estimate of drug-likeness (QED) is 0.0220. The van der Waals surface area contributed by atoms with Gasteiger partial charge in [0.2, 0.25) is 0 Å². The van der Waals surface area contributed by atoms with Gasteiger partial charge < -0.3 is 52.7 Å². The maximum Gasteiger partial charge on any atom is 0.501 e. The molecule has 10 aromatic carbocycles. The van der Waals surface area contributed by atoms with Crippen LogP contribution in [0.5, 0.6) is 0 Å². The molecule has 0 saturated carbocycles. The lowest BCUT2D eigenvalue weighted by atomic mass is 9.95. The number of aliphatic hydroxyl groups is 1.